The lowest BCUT2D eigenvalue weighted by Crippen LogP contribution is -2.37. The molecule has 0 radical (unpaired) electrons. The predicted molar refractivity (Wildman–Crippen MR) is 268 cm³/mol. The predicted octanol–water partition coefficient (Wildman–Crippen LogP) is 14.1. The van der Waals surface area contributed by atoms with E-state index in [4.69, 9.17) is 18.5 Å². The highest BCUT2D eigenvalue weighted by Gasteiger charge is 2.21. The Morgan fingerprint density at radius 3 is 1.25 bits per heavy atom. The van der Waals surface area contributed by atoms with Gasteiger partial charge in [-0.05, 0) is 96.3 Å². The first-order valence-corrected chi connectivity index (χ1v) is 26.1. The molecule has 0 fully saturated rings. The van der Waals surface area contributed by atoms with Crippen molar-refractivity contribution in [3.05, 3.63) is 109 Å². The number of allylic oxidation sites excluding steroid dienone is 18. The molecule has 0 rings (SSSR count). The van der Waals surface area contributed by atoms with Crippen LogP contribution in [0.5, 0.6) is 0 Å². The summed E-state index contributed by atoms with van der Waals surface area (Å²) in [4.78, 5) is 37.7. The van der Waals surface area contributed by atoms with Gasteiger partial charge in [-0.25, -0.2) is 0 Å². The molecule has 0 saturated heterocycles. The highest BCUT2D eigenvalue weighted by atomic mass is 31.2. The number of carbonyl (C=O) groups is 2. The van der Waals surface area contributed by atoms with E-state index in [1.807, 2.05) is 21.1 Å². The zero-order valence-corrected chi connectivity index (χ0v) is 41.8. The van der Waals surface area contributed by atoms with E-state index in [1.165, 1.54) is 0 Å². The van der Waals surface area contributed by atoms with E-state index in [2.05, 4.69) is 123 Å². The fraction of sp³-hybridized carbons (Fsp3) is 0.630. The number of hydrogen-bond donors (Lipinski definition) is 0. The molecule has 2 atom stereocenters. The molecule has 0 heterocycles. The Kier molecular flexibility index (Phi) is 42.5. The summed E-state index contributed by atoms with van der Waals surface area (Å²) < 4.78 is 34.0. The Morgan fingerprint density at radius 2 is 0.844 bits per heavy atom. The number of esters is 2. The van der Waals surface area contributed by atoms with Crippen molar-refractivity contribution in [2.75, 3.05) is 47.5 Å². The van der Waals surface area contributed by atoms with Gasteiger partial charge >= 0.3 is 11.9 Å². The minimum atomic E-state index is -4.65. The van der Waals surface area contributed by atoms with Crippen molar-refractivity contribution in [1.82, 2.24) is 0 Å². The maximum Gasteiger partial charge on any atom is 0.306 e. The number of unbranched alkanes of at least 4 members (excludes halogenated alkanes) is 11. The molecule has 0 N–H and O–H groups in total. The molecule has 0 aliphatic carbocycles. The Balaban J connectivity index is 4.35. The summed E-state index contributed by atoms with van der Waals surface area (Å²) in [5, 5.41) is 0. The second kappa shape index (κ2) is 44.9. The topological polar surface area (TPSA) is 111 Å². The zero-order valence-electron chi connectivity index (χ0n) is 40.9. The van der Waals surface area contributed by atoms with E-state index in [-0.39, 0.29) is 26.1 Å². The molecule has 0 aliphatic rings. The van der Waals surface area contributed by atoms with Gasteiger partial charge in [-0.1, -0.05) is 168 Å². The van der Waals surface area contributed by atoms with Crippen LogP contribution >= 0.6 is 7.82 Å². The Bertz CT molecular complexity index is 1450. The van der Waals surface area contributed by atoms with Gasteiger partial charge in [0.15, 0.2) is 6.10 Å². The van der Waals surface area contributed by atoms with Crippen molar-refractivity contribution >= 4 is 19.8 Å². The molecular formula is C54H90NO8P. The van der Waals surface area contributed by atoms with Crippen LogP contribution < -0.4 is 4.89 Å². The molecular weight excluding hydrogens is 822 g/mol. The highest BCUT2D eigenvalue weighted by molar-refractivity contribution is 7.45. The first kappa shape index (κ1) is 60.7. The smallest absolute Gasteiger partial charge is 0.306 e. The fourth-order valence-corrected chi connectivity index (χ4v) is 6.75. The van der Waals surface area contributed by atoms with Gasteiger partial charge < -0.3 is 27.9 Å². The van der Waals surface area contributed by atoms with Gasteiger partial charge in [0.2, 0.25) is 0 Å². The summed E-state index contributed by atoms with van der Waals surface area (Å²) >= 11 is 0. The van der Waals surface area contributed by atoms with Crippen LogP contribution in [0.4, 0.5) is 0 Å². The lowest BCUT2D eigenvalue weighted by atomic mass is 10.1. The van der Waals surface area contributed by atoms with E-state index in [0.29, 0.717) is 23.9 Å². The van der Waals surface area contributed by atoms with Crippen molar-refractivity contribution < 1.29 is 42.1 Å². The summed E-state index contributed by atoms with van der Waals surface area (Å²) in [5.74, 6) is -0.882. The number of ether oxygens (including phenoxy) is 2. The molecule has 0 aliphatic heterocycles. The van der Waals surface area contributed by atoms with Crippen LogP contribution in [-0.2, 0) is 32.7 Å². The summed E-state index contributed by atoms with van der Waals surface area (Å²) in [6.07, 6.45) is 61.2. The van der Waals surface area contributed by atoms with Gasteiger partial charge in [0.05, 0.1) is 27.7 Å². The van der Waals surface area contributed by atoms with Crippen LogP contribution in [0.25, 0.3) is 0 Å². The van der Waals surface area contributed by atoms with Gasteiger partial charge in [0, 0.05) is 12.8 Å². The molecule has 64 heavy (non-hydrogen) atoms. The number of carbonyl (C=O) groups excluding carboxylic acids is 2. The molecule has 364 valence electrons. The summed E-state index contributed by atoms with van der Waals surface area (Å²) in [6.45, 7) is 3.94. The first-order valence-electron chi connectivity index (χ1n) is 24.6. The van der Waals surface area contributed by atoms with Crippen LogP contribution in [0.2, 0.25) is 0 Å². The van der Waals surface area contributed by atoms with Crippen LogP contribution in [-0.4, -0.2) is 70.0 Å². The molecule has 0 bridgehead atoms. The monoisotopic (exact) mass is 912 g/mol. The van der Waals surface area contributed by atoms with Crippen LogP contribution in [0.3, 0.4) is 0 Å². The Hall–Kier alpha value is -3.33. The van der Waals surface area contributed by atoms with Gasteiger partial charge in [0.25, 0.3) is 7.82 Å². The van der Waals surface area contributed by atoms with Gasteiger partial charge in [-0.3, -0.25) is 14.2 Å². The summed E-state index contributed by atoms with van der Waals surface area (Å²) in [7, 11) is 1.12. The largest absolute Gasteiger partial charge is 0.756 e. The second-order valence-corrected chi connectivity index (χ2v) is 18.5. The van der Waals surface area contributed by atoms with Crippen molar-refractivity contribution in [2.45, 2.75) is 174 Å². The van der Waals surface area contributed by atoms with Crippen molar-refractivity contribution in [2.24, 2.45) is 0 Å². The number of rotatable bonds is 43. The van der Waals surface area contributed by atoms with Gasteiger partial charge in [-0.2, -0.15) is 0 Å². The number of likely N-dealkylation sites (N-methyl/N-ethyl adjacent to an activating group) is 1. The molecule has 2 unspecified atom stereocenters. The average molecular weight is 912 g/mol. The quantitative estimate of drug-likeness (QED) is 0.0195. The maximum atomic E-state index is 12.7. The van der Waals surface area contributed by atoms with Gasteiger partial charge in [-0.15, -0.1) is 0 Å². The van der Waals surface area contributed by atoms with E-state index < -0.39 is 32.5 Å². The first-order chi connectivity index (χ1) is 31.0. The molecule has 0 amide bonds. The lowest BCUT2D eigenvalue weighted by Gasteiger charge is -2.28. The normalized spacial score (nSPS) is 14.4. The van der Waals surface area contributed by atoms with E-state index in [9.17, 15) is 19.0 Å². The Labute approximate surface area is 391 Å². The molecule has 0 aromatic carbocycles. The lowest BCUT2D eigenvalue weighted by molar-refractivity contribution is -0.870. The van der Waals surface area contributed by atoms with Crippen LogP contribution in [0.15, 0.2) is 109 Å². The van der Waals surface area contributed by atoms with E-state index >= 15 is 0 Å². The SMILES string of the molecule is CC/C=C\C/C=C\C/C=C\C/C=C\C/C=C\C/C=C\CCCCCCCCC(=O)OC(COC(=O)CCCCCCC/C=C\C/C=C\C/C=C\CC)COP(=O)([O-])OCC[N+](C)(C)C. The molecule has 0 saturated carbocycles. The van der Waals surface area contributed by atoms with Crippen LogP contribution in [0, 0.1) is 0 Å². The highest BCUT2D eigenvalue weighted by Crippen LogP contribution is 2.38. The van der Waals surface area contributed by atoms with Crippen molar-refractivity contribution in [3.8, 4) is 0 Å². The van der Waals surface area contributed by atoms with Gasteiger partial charge in [0.1, 0.15) is 19.8 Å². The summed E-state index contributed by atoms with van der Waals surface area (Å²) in [6, 6.07) is 0. The minimum Gasteiger partial charge on any atom is -0.756 e. The molecule has 0 aromatic rings. The Morgan fingerprint density at radius 1 is 0.484 bits per heavy atom. The number of nitrogens with zero attached hydrogens (tertiary/aromatic N) is 1. The zero-order chi connectivity index (χ0) is 47.1. The maximum absolute atomic E-state index is 12.7. The fourth-order valence-electron chi connectivity index (χ4n) is 6.02. The van der Waals surface area contributed by atoms with Crippen molar-refractivity contribution in [3.63, 3.8) is 0 Å². The third kappa shape index (κ3) is 48.1. The van der Waals surface area contributed by atoms with E-state index in [0.717, 1.165) is 128 Å². The second-order valence-electron chi connectivity index (χ2n) is 17.1. The number of quaternary nitrogens is 1. The number of phosphoric acid groups is 1. The number of hydrogen-bond acceptors (Lipinski definition) is 8. The standard InChI is InChI=1S/C54H90NO8P/c1-6-8-10-12-14-16-18-20-22-23-24-25-26-27-28-29-30-31-33-35-37-39-41-43-45-47-54(57)63-52(51-62-64(58,59)61-49-48-55(3,4)5)50-60-53(56)46-44-42-40-38-36-34-32-21-19-17-15-13-11-9-7-2/h8-11,14-17,20-22,24-25,27-28,30-32,52H,6-7,12-13,18-19,23,26,29,33-51H2,1-5H3/b10-8-,11-9-,16-14-,17-15-,22-20-,25-24-,28-27-,31-30-,32-21-. The molecule has 10 heteroatoms. The molecule has 9 nitrogen and oxygen atoms in total. The molecule has 0 aromatic heterocycles. The third-order valence-corrected chi connectivity index (χ3v) is 10.8. The van der Waals surface area contributed by atoms with E-state index in [1.54, 1.807) is 0 Å². The third-order valence-electron chi connectivity index (χ3n) is 9.79. The van der Waals surface area contributed by atoms with Crippen LogP contribution in [0.1, 0.15) is 168 Å². The number of phosphoric ester groups is 1. The minimum absolute atomic E-state index is 0.0437. The van der Waals surface area contributed by atoms with Crippen molar-refractivity contribution in [1.29, 1.82) is 0 Å². The average Bonchev–Trinajstić information content (AvgIpc) is 3.25. The molecule has 0 spiro atoms. The summed E-state index contributed by atoms with van der Waals surface area (Å²) in [5.41, 5.74) is 0.